The summed E-state index contributed by atoms with van der Waals surface area (Å²) in [6.07, 6.45) is 0.258. The van der Waals surface area contributed by atoms with Crippen molar-refractivity contribution in [2.75, 3.05) is 13.7 Å². The second-order valence-electron chi connectivity index (χ2n) is 10.3. The molecule has 1 unspecified atom stereocenters. The molecule has 0 fully saturated rings. The minimum absolute atomic E-state index is 0.0517. The van der Waals surface area contributed by atoms with Crippen molar-refractivity contribution in [1.82, 2.24) is 19.9 Å². The van der Waals surface area contributed by atoms with E-state index in [9.17, 15) is 9.59 Å². The Morgan fingerprint density at radius 3 is 2.41 bits per heavy atom. The van der Waals surface area contributed by atoms with Crippen molar-refractivity contribution in [2.45, 2.75) is 77.9 Å². The van der Waals surface area contributed by atoms with Crippen LogP contribution in [0.4, 0.5) is 4.79 Å². The molecule has 9 nitrogen and oxygen atoms in total. The highest BCUT2D eigenvalue weighted by Crippen LogP contribution is 2.37. The average molecular weight is 465 g/mol. The molecule has 0 spiro atoms. The van der Waals surface area contributed by atoms with Gasteiger partial charge in [0, 0.05) is 12.6 Å². The second-order valence-corrected chi connectivity index (χ2v) is 15.0. The van der Waals surface area contributed by atoms with E-state index in [1.165, 1.54) is 17.9 Å². The molecule has 0 aliphatic rings. The van der Waals surface area contributed by atoms with Gasteiger partial charge in [0.05, 0.1) is 26.0 Å². The van der Waals surface area contributed by atoms with Crippen molar-refractivity contribution in [3.8, 4) is 5.88 Å². The highest BCUT2D eigenvalue weighted by atomic mass is 28.4. The van der Waals surface area contributed by atoms with Gasteiger partial charge in [-0.05, 0) is 45.0 Å². The summed E-state index contributed by atoms with van der Waals surface area (Å²) >= 11 is 0. The largest absolute Gasteiger partial charge is 0.481 e. The highest BCUT2D eigenvalue weighted by molar-refractivity contribution is 6.74. The number of aromatic nitrogens is 3. The first kappa shape index (κ1) is 25.8. The van der Waals surface area contributed by atoms with Crippen LogP contribution in [0.2, 0.25) is 18.1 Å². The lowest BCUT2D eigenvalue weighted by molar-refractivity contribution is 0.0490. The summed E-state index contributed by atoms with van der Waals surface area (Å²) in [5.41, 5.74) is 0.0485. The first-order valence-corrected chi connectivity index (χ1v) is 13.6. The molecule has 1 N–H and O–H groups in total. The number of methoxy groups -OCH3 is 1. The Hall–Kier alpha value is -2.46. The van der Waals surface area contributed by atoms with Gasteiger partial charge in [0.2, 0.25) is 5.88 Å². The zero-order valence-corrected chi connectivity index (χ0v) is 21.6. The van der Waals surface area contributed by atoms with Gasteiger partial charge in [-0.2, -0.15) is 4.98 Å². The van der Waals surface area contributed by atoms with E-state index >= 15 is 0 Å². The number of nitrogens with zero attached hydrogens (tertiary/aromatic N) is 3. The van der Waals surface area contributed by atoms with Crippen molar-refractivity contribution >= 4 is 25.6 Å². The fourth-order valence-electron chi connectivity index (χ4n) is 2.76. The van der Waals surface area contributed by atoms with Gasteiger partial charge in [0.25, 0.3) is 5.56 Å². The Kier molecular flexibility index (Phi) is 7.72. The fraction of sp³-hybridized carbons (Fsp3) is 0.636. The summed E-state index contributed by atoms with van der Waals surface area (Å²) in [5.74, 6) is 0.382. The van der Waals surface area contributed by atoms with Gasteiger partial charge >= 0.3 is 6.09 Å². The minimum Gasteiger partial charge on any atom is -0.481 e. The number of hydrogen-bond donors (Lipinski definition) is 1. The van der Waals surface area contributed by atoms with Gasteiger partial charge in [0.1, 0.15) is 11.1 Å². The topological polar surface area (TPSA) is 105 Å². The number of rotatable bonds is 7. The summed E-state index contributed by atoms with van der Waals surface area (Å²) in [6, 6.07) is 3.44. The average Bonchev–Trinajstić information content (AvgIpc) is 2.65. The quantitative estimate of drug-likeness (QED) is 0.623. The first-order chi connectivity index (χ1) is 14.6. The maximum Gasteiger partial charge on any atom is 0.407 e. The van der Waals surface area contributed by atoms with Crippen LogP contribution in [-0.2, 0) is 15.7 Å². The van der Waals surface area contributed by atoms with Gasteiger partial charge in [-0.15, -0.1) is 0 Å². The standard InChI is InChI=1S/C22H36N4O5Si/c1-21(2,3)30-20(28)24-12-15(31-32(8,9)22(4,5)6)14-26-18(27)13-23-16-10-11-17(29-7)25-19(16)26/h10-11,13,15H,12,14H2,1-9H3,(H,24,28). The zero-order valence-electron chi connectivity index (χ0n) is 20.6. The van der Waals surface area contributed by atoms with Crippen LogP contribution in [0, 0.1) is 0 Å². The van der Waals surface area contributed by atoms with Crippen LogP contribution in [0.25, 0.3) is 11.2 Å². The zero-order chi connectivity index (χ0) is 24.3. The summed E-state index contributed by atoms with van der Waals surface area (Å²) in [5, 5.41) is 2.73. The number of carbonyl (C=O) groups is 1. The summed E-state index contributed by atoms with van der Waals surface area (Å²) in [4.78, 5) is 33.6. The van der Waals surface area contributed by atoms with E-state index in [1.807, 2.05) is 0 Å². The van der Waals surface area contributed by atoms with Crippen LogP contribution >= 0.6 is 0 Å². The Morgan fingerprint density at radius 1 is 1.19 bits per heavy atom. The SMILES string of the molecule is COc1ccc2ncc(=O)n(CC(CNC(=O)OC(C)(C)C)O[Si](C)(C)C(C)(C)C)c2n1. The van der Waals surface area contributed by atoms with Crippen LogP contribution < -0.4 is 15.6 Å². The van der Waals surface area contributed by atoms with Crippen molar-refractivity contribution in [3.05, 3.63) is 28.7 Å². The number of fused-ring (bicyclic) bond motifs is 1. The molecule has 178 valence electrons. The lowest BCUT2D eigenvalue weighted by Gasteiger charge is -2.39. The van der Waals surface area contributed by atoms with Crippen molar-refractivity contribution in [1.29, 1.82) is 0 Å². The van der Waals surface area contributed by atoms with E-state index in [1.54, 1.807) is 32.9 Å². The Bertz CT molecular complexity index is 1010. The first-order valence-electron chi connectivity index (χ1n) is 10.7. The number of hydrogen-bond acceptors (Lipinski definition) is 7. The molecular weight excluding hydrogens is 428 g/mol. The van der Waals surface area contributed by atoms with E-state index < -0.39 is 26.1 Å². The van der Waals surface area contributed by atoms with E-state index in [2.05, 4.69) is 49.1 Å². The molecule has 0 bridgehead atoms. The van der Waals surface area contributed by atoms with Crippen LogP contribution in [0.1, 0.15) is 41.5 Å². The molecule has 2 aromatic heterocycles. The predicted octanol–water partition coefficient (Wildman–Crippen LogP) is 3.72. The van der Waals surface area contributed by atoms with Gasteiger partial charge in [-0.1, -0.05) is 20.8 Å². The van der Waals surface area contributed by atoms with Gasteiger partial charge in [-0.25, -0.2) is 9.78 Å². The van der Waals surface area contributed by atoms with E-state index in [-0.39, 0.29) is 23.7 Å². The molecule has 2 aromatic rings. The van der Waals surface area contributed by atoms with Gasteiger partial charge in [-0.3, -0.25) is 9.36 Å². The number of nitrogens with one attached hydrogen (secondary N) is 1. The highest BCUT2D eigenvalue weighted by Gasteiger charge is 2.39. The molecule has 0 aliphatic carbocycles. The third-order valence-corrected chi connectivity index (χ3v) is 9.94. The fourth-order valence-corrected chi connectivity index (χ4v) is 4.11. The van der Waals surface area contributed by atoms with Gasteiger partial charge in [0.15, 0.2) is 14.0 Å². The third-order valence-electron chi connectivity index (χ3n) is 5.40. The maximum atomic E-state index is 12.7. The summed E-state index contributed by atoms with van der Waals surface area (Å²) in [7, 11) is -0.697. The molecular formula is C22H36N4O5Si. The lowest BCUT2D eigenvalue weighted by Crippen LogP contribution is -2.49. The number of pyridine rings is 1. The van der Waals surface area contributed by atoms with Crippen LogP contribution in [-0.4, -0.2) is 54.3 Å². The molecule has 10 heteroatoms. The van der Waals surface area contributed by atoms with Crippen LogP contribution in [0.3, 0.4) is 0 Å². The number of ether oxygens (including phenoxy) is 2. The Morgan fingerprint density at radius 2 is 1.84 bits per heavy atom. The number of carbonyl (C=O) groups excluding carboxylic acids is 1. The summed E-state index contributed by atoms with van der Waals surface area (Å²) < 4.78 is 18.7. The van der Waals surface area contributed by atoms with E-state index in [4.69, 9.17) is 13.9 Å². The third kappa shape index (κ3) is 6.77. The molecule has 1 atom stereocenters. The van der Waals surface area contributed by atoms with E-state index in [0.29, 0.717) is 17.0 Å². The molecule has 1 amide bonds. The van der Waals surface area contributed by atoms with Crippen molar-refractivity contribution < 1.29 is 18.7 Å². The van der Waals surface area contributed by atoms with Crippen molar-refractivity contribution in [2.24, 2.45) is 0 Å². The van der Waals surface area contributed by atoms with Crippen LogP contribution in [0.5, 0.6) is 5.88 Å². The monoisotopic (exact) mass is 464 g/mol. The normalized spacial score (nSPS) is 13.7. The Balaban J connectivity index is 2.38. The molecule has 32 heavy (non-hydrogen) atoms. The molecule has 0 saturated heterocycles. The number of amides is 1. The molecule has 0 saturated carbocycles. The molecule has 0 radical (unpaired) electrons. The minimum atomic E-state index is -2.21. The van der Waals surface area contributed by atoms with Crippen LogP contribution in [0.15, 0.2) is 23.1 Å². The molecule has 2 rings (SSSR count). The van der Waals surface area contributed by atoms with Gasteiger partial charge < -0.3 is 19.2 Å². The molecule has 0 aromatic carbocycles. The maximum absolute atomic E-state index is 12.7. The van der Waals surface area contributed by atoms with Crippen molar-refractivity contribution in [3.63, 3.8) is 0 Å². The smallest absolute Gasteiger partial charge is 0.407 e. The molecule has 0 aliphatic heterocycles. The summed E-state index contributed by atoms with van der Waals surface area (Å²) in [6.45, 7) is 16.5. The Labute approximate surface area is 190 Å². The lowest BCUT2D eigenvalue weighted by atomic mass is 10.2. The predicted molar refractivity (Wildman–Crippen MR) is 127 cm³/mol. The number of alkyl carbamates (subject to hydrolysis) is 1. The molecule has 2 heterocycles. The van der Waals surface area contributed by atoms with E-state index in [0.717, 1.165) is 0 Å². The second kappa shape index (κ2) is 9.58.